The van der Waals surface area contributed by atoms with Gasteiger partial charge in [0.25, 0.3) is 0 Å². The van der Waals surface area contributed by atoms with Gasteiger partial charge in [-0.1, -0.05) is 70.2 Å². The van der Waals surface area contributed by atoms with E-state index in [2.05, 4.69) is 75.6 Å². The zero-order chi connectivity index (χ0) is 19.1. The van der Waals surface area contributed by atoms with Gasteiger partial charge in [-0.15, -0.1) is 0 Å². The van der Waals surface area contributed by atoms with Crippen molar-refractivity contribution in [3.63, 3.8) is 0 Å². The van der Waals surface area contributed by atoms with E-state index in [-0.39, 0.29) is 11.9 Å². The maximum atomic E-state index is 12.3. The predicted octanol–water partition coefficient (Wildman–Crippen LogP) is 5.30. The first-order valence-corrected chi connectivity index (χ1v) is 9.57. The van der Waals surface area contributed by atoms with Crippen LogP contribution in [0.2, 0.25) is 0 Å². The smallest absolute Gasteiger partial charge is 0.238 e. The largest absolute Gasteiger partial charge is 0.325 e. The lowest BCUT2D eigenvalue weighted by Gasteiger charge is -2.17. The number of amides is 1. The number of para-hydroxylation sites is 1. The molecule has 1 amide bonds. The quantitative estimate of drug-likeness (QED) is 0.677. The Morgan fingerprint density at radius 2 is 1.58 bits per heavy atom. The van der Waals surface area contributed by atoms with Crippen LogP contribution < -0.4 is 10.6 Å². The molecular formula is C23H32N2O. The molecule has 0 heterocycles. The lowest BCUT2D eigenvalue weighted by atomic mass is 10.00. The molecule has 1 atom stereocenters. The standard InChI is InChI=1S/C23H32N2O/c1-16(2)14-19-10-12-20(13-11-19)18(5)24-15-23(26)25-22-9-7-6-8-21(22)17(3)4/h6-13,16-18,24H,14-15H2,1-5H3,(H,25,26)/t18-/m0/s1. The molecule has 0 saturated carbocycles. The van der Waals surface area contributed by atoms with Gasteiger partial charge in [0.2, 0.25) is 5.91 Å². The second-order valence-electron chi connectivity index (χ2n) is 7.73. The normalized spacial score (nSPS) is 12.4. The van der Waals surface area contributed by atoms with Crippen LogP contribution in [0.3, 0.4) is 0 Å². The van der Waals surface area contributed by atoms with Crippen LogP contribution in [-0.2, 0) is 11.2 Å². The van der Waals surface area contributed by atoms with Crippen LogP contribution in [-0.4, -0.2) is 12.5 Å². The summed E-state index contributed by atoms with van der Waals surface area (Å²) in [6, 6.07) is 16.8. The van der Waals surface area contributed by atoms with Gasteiger partial charge in [-0.05, 0) is 47.9 Å². The molecule has 0 bridgehead atoms. The number of hydrogen-bond acceptors (Lipinski definition) is 2. The summed E-state index contributed by atoms with van der Waals surface area (Å²) in [4.78, 5) is 12.3. The van der Waals surface area contributed by atoms with E-state index < -0.39 is 0 Å². The number of carbonyl (C=O) groups is 1. The monoisotopic (exact) mass is 352 g/mol. The minimum absolute atomic E-state index is 0.0126. The fourth-order valence-electron chi connectivity index (χ4n) is 3.09. The first-order chi connectivity index (χ1) is 12.4. The van der Waals surface area contributed by atoms with Crippen molar-refractivity contribution >= 4 is 11.6 Å². The van der Waals surface area contributed by atoms with Crippen LogP contribution in [0.25, 0.3) is 0 Å². The third kappa shape index (κ3) is 5.99. The molecule has 0 aliphatic rings. The van der Waals surface area contributed by atoms with Gasteiger partial charge in [0.1, 0.15) is 0 Å². The van der Waals surface area contributed by atoms with Crippen molar-refractivity contribution in [2.45, 2.75) is 53.0 Å². The minimum atomic E-state index is -0.0126. The molecule has 0 spiro atoms. The average molecular weight is 353 g/mol. The molecule has 0 unspecified atom stereocenters. The van der Waals surface area contributed by atoms with Gasteiger partial charge in [0.05, 0.1) is 6.54 Å². The zero-order valence-corrected chi connectivity index (χ0v) is 16.7. The Morgan fingerprint density at radius 1 is 0.923 bits per heavy atom. The van der Waals surface area contributed by atoms with E-state index in [4.69, 9.17) is 0 Å². The van der Waals surface area contributed by atoms with Gasteiger partial charge in [-0.25, -0.2) is 0 Å². The summed E-state index contributed by atoms with van der Waals surface area (Å²) in [6.45, 7) is 11.1. The maximum Gasteiger partial charge on any atom is 0.238 e. The van der Waals surface area contributed by atoms with E-state index in [0.29, 0.717) is 18.4 Å². The topological polar surface area (TPSA) is 41.1 Å². The van der Waals surface area contributed by atoms with Crippen molar-refractivity contribution in [3.05, 3.63) is 65.2 Å². The Labute approximate surface area is 158 Å². The molecule has 0 saturated heterocycles. The lowest BCUT2D eigenvalue weighted by molar-refractivity contribution is -0.115. The molecule has 3 heteroatoms. The zero-order valence-electron chi connectivity index (χ0n) is 16.7. The minimum Gasteiger partial charge on any atom is -0.325 e. The predicted molar refractivity (Wildman–Crippen MR) is 111 cm³/mol. The number of hydrogen-bond donors (Lipinski definition) is 2. The summed E-state index contributed by atoms with van der Waals surface area (Å²) < 4.78 is 0. The average Bonchev–Trinajstić information content (AvgIpc) is 2.60. The molecule has 140 valence electrons. The second-order valence-corrected chi connectivity index (χ2v) is 7.73. The highest BCUT2D eigenvalue weighted by molar-refractivity contribution is 5.93. The molecule has 0 aromatic heterocycles. The summed E-state index contributed by atoms with van der Waals surface area (Å²) in [5, 5.41) is 6.34. The van der Waals surface area contributed by atoms with Crippen molar-refractivity contribution in [2.24, 2.45) is 5.92 Å². The summed E-state index contributed by atoms with van der Waals surface area (Å²) in [5.74, 6) is 1.03. The number of carbonyl (C=O) groups excluding carboxylic acids is 1. The second kappa shape index (κ2) is 9.54. The summed E-state index contributed by atoms with van der Waals surface area (Å²) in [5.41, 5.74) is 4.63. The molecule has 3 nitrogen and oxygen atoms in total. The molecule has 0 radical (unpaired) electrons. The van der Waals surface area contributed by atoms with Gasteiger partial charge in [0.15, 0.2) is 0 Å². The van der Waals surface area contributed by atoms with Crippen LogP contribution >= 0.6 is 0 Å². The SMILES string of the molecule is CC(C)Cc1ccc([C@H](C)NCC(=O)Nc2ccccc2C(C)C)cc1. The van der Waals surface area contributed by atoms with Crippen LogP contribution in [0.1, 0.15) is 63.3 Å². The number of rotatable bonds is 8. The van der Waals surface area contributed by atoms with Gasteiger partial charge in [0, 0.05) is 11.7 Å². The van der Waals surface area contributed by atoms with Crippen LogP contribution in [0.15, 0.2) is 48.5 Å². The van der Waals surface area contributed by atoms with E-state index in [1.54, 1.807) is 0 Å². The third-order valence-corrected chi connectivity index (χ3v) is 4.55. The molecule has 0 fully saturated rings. The van der Waals surface area contributed by atoms with Gasteiger partial charge < -0.3 is 10.6 Å². The van der Waals surface area contributed by atoms with E-state index in [9.17, 15) is 4.79 Å². The van der Waals surface area contributed by atoms with Crippen molar-refractivity contribution in [1.82, 2.24) is 5.32 Å². The first-order valence-electron chi connectivity index (χ1n) is 9.57. The first kappa shape index (κ1) is 20.2. The summed E-state index contributed by atoms with van der Waals surface area (Å²) >= 11 is 0. The molecule has 2 rings (SSSR count). The van der Waals surface area contributed by atoms with Crippen molar-refractivity contribution in [3.8, 4) is 0 Å². The summed E-state index contributed by atoms with van der Waals surface area (Å²) in [7, 11) is 0. The molecule has 0 aliphatic heterocycles. The van der Waals surface area contributed by atoms with Gasteiger partial charge >= 0.3 is 0 Å². The van der Waals surface area contributed by atoms with Crippen molar-refractivity contribution in [1.29, 1.82) is 0 Å². The number of anilines is 1. The Morgan fingerprint density at radius 3 is 2.19 bits per heavy atom. The Kier molecular flexibility index (Phi) is 7.40. The summed E-state index contributed by atoms with van der Waals surface area (Å²) in [6.07, 6.45) is 1.10. The fourth-order valence-corrected chi connectivity index (χ4v) is 3.09. The lowest BCUT2D eigenvalue weighted by Crippen LogP contribution is -2.30. The van der Waals surface area contributed by atoms with Crippen LogP contribution in [0.5, 0.6) is 0 Å². The maximum absolute atomic E-state index is 12.3. The van der Waals surface area contributed by atoms with E-state index in [0.717, 1.165) is 17.7 Å². The van der Waals surface area contributed by atoms with Crippen molar-refractivity contribution in [2.75, 3.05) is 11.9 Å². The highest BCUT2D eigenvalue weighted by Gasteiger charge is 2.11. The van der Waals surface area contributed by atoms with Crippen LogP contribution in [0.4, 0.5) is 5.69 Å². The van der Waals surface area contributed by atoms with Gasteiger partial charge in [-0.2, -0.15) is 0 Å². The van der Waals surface area contributed by atoms with E-state index in [1.807, 2.05) is 18.2 Å². The van der Waals surface area contributed by atoms with Gasteiger partial charge in [-0.3, -0.25) is 4.79 Å². The third-order valence-electron chi connectivity index (χ3n) is 4.55. The van der Waals surface area contributed by atoms with Crippen LogP contribution in [0, 0.1) is 5.92 Å². The molecule has 2 N–H and O–H groups in total. The number of nitrogens with one attached hydrogen (secondary N) is 2. The molecule has 2 aromatic rings. The number of benzene rings is 2. The Hall–Kier alpha value is -2.13. The molecule has 0 aliphatic carbocycles. The Bertz CT molecular complexity index is 704. The fraction of sp³-hybridized carbons (Fsp3) is 0.435. The van der Waals surface area contributed by atoms with Crippen molar-refractivity contribution < 1.29 is 4.79 Å². The Balaban J connectivity index is 1.89. The highest BCUT2D eigenvalue weighted by Crippen LogP contribution is 2.23. The highest BCUT2D eigenvalue weighted by atomic mass is 16.1. The molecule has 2 aromatic carbocycles. The van der Waals surface area contributed by atoms with E-state index in [1.165, 1.54) is 11.1 Å². The van der Waals surface area contributed by atoms with E-state index >= 15 is 0 Å². The molecular weight excluding hydrogens is 320 g/mol. The molecule has 26 heavy (non-hydrogen) atoms.